The maximum absolute atomic E-state index is 12.7. The normalized spacial score (nSPS) is 12.0. The van der Waals surface area contributed by atoms with Crippen molar-refractivity contribution in [3.63, 3.8) is 0 Å². The smallest absolute Gasteiger partial charge is 0.309 e. The Balaban J connectivity index is 1.88. The van der Waals surface area contributed by atoms with Gasteiger partial charge in [-0.3, -0.25) is 4.79 Å². The number of halogens is 3. The summed E-state index contributed by atoms with van der Waals surface area (Å²) in [5.41, 5.74) is 1.14. The fraction of sp³-hybridized carbons (Fsp3) is 0.286. The number of H-pyrrole nitrogens is 1. The standard InChI is InChI=1S/C14H12F3N5OS/c1-7-4-3-5-8-10(7)18-9(19-11(8)23)6-24-13-21-20-12(22(13)2)14(15,16)17/h3-5H,6H2,1-2H3,(H,18,19,23). The quantitative estimate of drug-likeness (QED) is 0.731. The molecule has 0 unspecified atom stereocenters. The Kier molecular flexibility index (Phi) is 4.08. The van der Waals surface area contributed by atoms with Crippen LogP contribution in [0.4, 0.5) is 13.2 Å². The zero-order chi connectivity index (χ0) is 17.5. The van der Waals surface area contributed by atoms with Crippen LogP contribution in [0, 0.1) is 6.92 Å². The first-order valence-corrected chi connectivity index (χ1v) is 7.84. The summed E-state index contributed by atoms with van der Waals surface area (Å²) in [7, 11) is 1.24. The van der Waals surface area contributed by atoms with Crippen molar-refractivity contribution in [2.24, 2.45) is 7.05 Å². The number of hydrogen-bond acceptors (Lipinski definition) is 5. The minimum atomic E-state index is -4.56. The molecule has 1 N–H and O–H groups in total. The van der Waals surface area contributed by atoms with E-state index in [-0.39, 0.29) is 16.5 Å². The minimum absolute atomic E-state index is 0.0925. The molecule has 3 aromatic rings. The number of thioether (sulfide) groups is 1. The number of aryl methyl sites for hydroxylation is 1. The zero-order valence-corrected chi connectivity index (χ0v) is 13.5. The van der Waals surface area contributed by atoms with Gasteiger partial charge in [-0.1, -0.05) is 23.9 Å². The van der Waals surface area contributed by atoms with Crippen molar-refractivity contribution in [1.29, 1.82) is 0 Å². The summed E-state index contributed by atoms with van der Waals surface area (Å²) in [6.45, 7) is 1.84. The number of aromatic nitrogens is 5. The van der Waals surface area contributed by atoms with Crippen LogP contribution in [0.3, 0.4) is 0 Å². The molecule has 0 spiro atoms. The molecule has 3 rings (SSSR count). The van der Waals surface area contributed by atoms with Gasteiger partial charge in [0.05, 0.1) is 16.7 Å². The van der Waals surface area contributed by atoms with Gasteiger partial charge in [0.1, 0.15) is 5.82 Å². The first kappa shape index (κ1) is 16.5. The molecule has 2 heterocycles. The molecule has 0 aliphatic carbocycles. The third-order valence-corrected chi connectivity index (χ3v) is 4.44. The lowest BCUT2D eigenvalue weighted by molar-refractivity contribution is -0.147. The summed E-state index contributed by atoms with van der Waals surface area (Å²) in [5, 5.41) is 7.26. The van der Waals surface area contributed by atoms with Gasteiger partial charge in [0.15, 0.2) is 5.16 Å². The van der Waals surface area contributed by atoms with Crippen LogP contribution in [0.1, 0.15) is 17.2 Å². The summed E-state index contributed by atoms with van der Waals surface area (Å²) < 4.78 is 39.0. The number of nitrogens with zero attached hydrogens (tertiary/aromatic N) is 4. The molecular formula is C14H12F3N5OS. The van der Waals surface area contributed by atoms with Crippen molar-refractivity contribution in [2.45, 2.75) is 24.0 Å². The molecule has 126 valence electrons. The second-order valence-corrected chi connectivity index (χ2v) is 6.08. The molecule has 0 saturated heterocycles. The van der Waals surface area contributed by atoms with Crippen LogP contribution in [0.5, 0.6) is 0 Å². The van der Waals surface area contributed by atoms with Crippen molar-refractivity contribution in [3.8, 4) is 0 Å². The molecule has 0 aliphatic heterocycles. The highest BCUT2D eigenvalue weighted by molar-refractivity contribution is 7.98. The lowest BCUT2D eigenvalue weighted by atomic mass is 10.1. The van der Waals surface area contributed by atoms with Gasteiger partial charge in [-0.05, 0) is 18.6 Å². The number of fused-ring (bicyclic) bond motifs is 1. The van der Waals surface area contributed by atoms with Crippen LogP contribution in [0.25, 0.3) is 10.9 Å². The monoisotopic (exact) mass is 355 g/mol. The number of para-hydroxylation sites is 1. The van der Waals surface area contributed by atoms with Crippen LogP contribution in [-0.2, 0) is 19.0 Å². The first-order valence-electron chi connectivity index (χ1n) is 6.85. The molecule has 0 radical (unpaired) electrons. The molecule has 6 nitrogen and oxygen atoms in total. The second-order valence-electron chi connectivity index (χ2n) is 5.14. The largest absolute Gasteiger partial charge is 0.451 e. The zero-order valence-electron chi connectivity index (χ0n) is 12.7. The summed E-state index contributed by atoms with van der Waals surface area (Å²) in [6.07, 6.45) is -4.56. The van der Waals surface area contributed by atoms with Crippen molar-refractivity contribution in [3.05, 3.63) is 45.8 Å². The van der Waals surface area contributed by atoms with Crippen LogP contribution >= 0.6 is 11.8 Å². The van der Waals surface area contributed by atoms with Crippen molar-refractivity contribution in [2.75, 3.05) is 0 Å². The highest BCUT2D eigenvalue weighted by Crippen LogP contribution is 2.30. The van der Waals surface area contributed by atoms with Gasteiger partial charge >= 0.3 is 6.18 Å². The predicted octanol–water partition coefficient (Wildman–Crippen LogP) is 2.67. The number of hydrogen-bond donors (Lipinski definition) is 1. The van der Waals surface area contributed by atoms with Crippen molar-refractivity contribution >= 4 is 22.7 Å². The molecule has 0 fully saturated rings. The SMILES string of the molecule is Cc1cccc2c(=O)[nH]c(CSc3nnc(C(F)(F)F)n3C)nc12. The Morgan fingerprint density at radius 2 is 2.04 bits per heavy atom. The maximum Gasteiger partial charge on any atom is 0.451 e. The van der Waals surface area contributed by atoms with E-state index >= 15 is 0 Å². The third-order valence-electron chi connectivity index (χ3n) is 3.41. The Hall–Kier alpha value is -2.36. The van der Waals surface area contributed by atoms with E-state index in [0.717, 1.165) is 21.9 Å². The fourth-order valence-corrected chi connectivity index (χ4v) is 3.02. The van der Waals surface area contributed by atoms with E-state index < -0.39 is 12.0 Å². The summed E-state index contributed by atoms with van der Waals surface area (Å²) >= 11 is 1.02. The molecule has 1 aromatic carbocycles. The van der Waals surface area contributed by atoms with Gasteiger partial charge in [0, 0.05) is 7.05 Å². The number of rotatable bonds is 3. The lowest BCUT2D eigenvalue weighted by Crippen LogP contribution is -2.13. The maximum atomic E-state index is 12.7. The van der Waals surface area contributed by atoms with Gasteiger partial charge < -0.3 is 9.55 Å². The first-order chi connectivity index (χ1) is 11.3. The average molecular weight is 355 g/mol. The van der Waals surface area contributed by atoms with Crippen LogP contribution in [-0.4, -0.2) is 24.7 Å². The Bertz CT molecular complexity index is 963. The second kappa shape index (κ2) is 5.93. The number of aromatic amines is 1. The van der Waals surface area contributed by atoms with E-state index in [2.05, 4.69) is 20.2 Å². The molecule has 0 aliphatic rings. The Morgan fingerprint density at radius 1 is 1.29 bits per heavy atom. The van der Waals surface area contributed by atoms with Crippen LogP contribution in [0.15, 0.2) is 28.2 Å². The average Bonchev–Trinajstić information content (AvgIpc) is 2.87. The minimum Gasteiger partial charge on any atom is -0.309 e. The third kappa shape index (κ3) is 3.01. The Morgan fingerprint density at radius 3 is 2.71 bits per heavy atom. The van der Waals surface area contributed by atoms with E-state index in [1.807, 2.05) is 13.0 Å². The summed E-state index contributed by atoms with van der Waals surface area (Å²) in [5.74, 6) is -0.534. The van der Waals surface area contributed by atoms with Gasteiger partial charge in [0.25, 0.3) is 5.56 Å². The molecule has 2 aromatic heterocycles. The van der Waals surface area contributed by atoms with E-state index in [0.29, 0.717) is 16.7 Å². The number of benzene rings is 1. The lowest BCUT2D eigenvalue weighted by Gasteiger charge is -2.07. The Labute approximate surface area is 138 Å². The van der Waals surface area contributed by atoms with Gasteiger partial charge in [-0.2, -0.15) is 13.2 Å². The predicted molar refractivity (Wildman–Crippen MR) is 82.7 cm³/mol. The molecule has 10 heteroatoms. The molecule has 24 heavy (non-hydrogen) atoms. The number of alkyl halides is 3. The van der Waals surface area contributed by atoms with Crippen molar-refractivity contribution < 1.29 is 13.2 Å². The van der Waals surface area contributed by atoms with Crippen molar-refractivity contribution in [1.82, 2.24) is 24.7 Å². The highest BCUT2D eigenvalue weighted by atomic mass is 32.2. The topological polar surface area (TPSA) is 76.5 Å². The molecule has 0 atom stereocenters. The number of nitrogens with one attached hydrogen (secondary N) is 1. The van der Waals surface area contributed by atoms with Crippen LogP contribution < -0.4 is 5.56 Å². The van der Waals surface area contributed by atoms with E-state index in [9.17, 15) is 18.0 Å². The van der Waals surface area contributed by atoms with Crippen LogP contribution in [0.2, 0.25) is 0 Å². The molecule has 0 amide bonds. The van der Waals surface area contributed by atoms with Gasteiger partial charge in [0.2, 0.25) is 5.82 Å². The fourth-order valence-electron chi connectivity index (χ4n) is 2.24. The van der Waals surface area contributed by atoms with E-state index in [4.69, 9.17) is 0 Å². The summed E-state index contributed by atoms with van der Waals surface area (Å²) in [6, 6.07) is 5.27. The van der Waals surface area contributed by atoms with Gasteiger partial charge in [-0.15, -0.1) is 10.2 Å². The van der Waals surface area contributed by atoms with E-state index in [1.165, 1.54) is 7.05 Å². The molecular weight excluding hydrogens is 343 g/mol. The summed E-state index contributed by atoms with van der Waals surface area (Å²) in [4.78, 5) is 19.1. The highest BCUT2D eigenvalue weighted by Gasteiger charge is 2.37. The molecule has 0 saturated carbocycles. The van der Waals surface area contributed by atoms with E-state index in [1.54, 1.807) is 12.1 Å². The van der Waals surface area contributed by atoms with Gasteiger partial charge in [-0.25, -0.2) is 4.98 Å². The molecule has 0 bridgehead atoms.